The Hall–Kier alpha value is -1.55. The average molecular weight is 195 g/mol. The third kappa shape index (κ3) is 4.47. The molecule has 0 aliphatic heterocycles. The number of carboxylic acids is 1. The second-order valence-corrected chi connectivity index (χ2v) is 2.59. The summed E-state index contributed by atoms with van der Waals surface area (Å²) in [5, 5.41) is 9.96. The molecule has 4 heteroatoms. The minimum Gasteiger partial charge on any atom is -0.548 e. The van der Waals surface area contributed by atoms with Gasteiger partial charge in [-0.15, -0.1) is 0 Å². The maximum absolute atomic E-state index is 9.96. The van der Waals surface area contributed by atoms with Crippen LogP contribution in [0.4, 0.5) is 0 Å². The van der Waals surface area contributed by atoms with Crippen molar-refractivity contribution in [1.82, 2.24) is 0 Å². The molecule has 0 heterocycles. The van der Waals surface area contributed by atoms with Gasteiger partial charge >= 0.3 is 0 Å². The predicted molar refractivity (Wildman–Crippen MR) is 47.8 cm³/mol. The molecule has 1 aromatic carbocycles. The number of aliphatic carboxylic acids is 1. The van der Waals surface area contributed by atoms with Gasteiger partial charge in [-0.1, -0.05) is 18.2 Å². The molecule has 0 unspecified atom stereocenters. The Labute approximate surface area is 82.1 Å². The average Bonchev–Trinajstić information content (AvgIpc) is 2.18. The molecule has 14 heavy (non-hydrogen) atoms. The zero-order valence-corrected chi connectivity index (χ0v) is 7.64. The van der Waals surface area contributed by atoms with Gasteiger partial charge in [0.15, 0.2) is 0 Å². The third-order valence-corrected chi connectivity index (χ3v) is 1.46. The summed E-state index contributed by atoms with van der Waals surface area (Å²) in [6, 6.07) is 9.24. The van der Waals surface area contributed by atoms with Gasteiger partial charge in [0.05, 0.1) is 19.2 Å². The first-order valence-electron chi connectivity index (χ1n) is 4.24. The largest absolute Gasteiger partial charge is 0.548 e. The van der Waals surface area contributed by atoms with E-state index in [1.165, 1.54) is 0 Å². The van der Waals surface area contributed by atoms with Crippen LogP contribution >= 0.6 is 0 Å². The first-order valence-corrected chi connectivity index (χ1v) is 4.24. The lowest BCUT2D eigenvalue weighted by Gasteiger charge is -2.06. The van der Waals surface area contributed by atoms with Crippen molar-refractivity contribution in [3.63, 3.8) is 0 Å². The zero-order valence-electron chi connectivity index (χ0n) is 7.64. The van der Waals surface area contributed by atoms with Gasteiger partial charge in [-0.25, -0.2) is 0 Å². The molecule has 0 saturated heterocycles. The summed E-state index contributed by atoms with van der Waals surface area (Å²) in [6.07, 6.45) is 0. The summed E-state index contributed by atoms with van der Waals surface area (Å²) in [4.78, 5) is 9.96. The predicted octanol–water partition coefficient (Wildman–Crippen LogP) is -0.168. The number of rotatable bonds is 6. The fourth-order valence-corrected chi connectivity index (χ4v) is 0.891. The highest BCUT2D eigenvalue weighted by molar-refractivity contribution is 5.65. The molecule has 4 nitrogen and oxygen atoms in total. The van der Waals surface area contributed by atoms with E-state index in [-0.39, 0.29) is 6.61 Å². The maximum Gasteiger partial charge on any atom is 0.119 e. The van der Waals surface area contributed by atoms with Gasteiger partial charge in [-0.2, -0.15) is 0 Å². The monoisotopic (exact) mass is 195 g/mol. The summed E-state index contributed by atoms with van der Waals surface area (Å²) in [5.74, 6) is -0.478. The fraction of sp³-hybridized carbons (Fsp3) is 0.300. The van der Waals surface area contributed by atoms with Crippen LogP contribution < -0.4 is 9.84 Å². The van der Waals surface area contributed by atoms with E-state index >= 15 is 0 Å². The van der Waals surface area contributed by atoms with Crippen molar-refractivity contribution >= 4 is 5.97 Å². The summed E-state index contributed by atoms with van der Waals surface area (Å²) in [7, 11) is 0. The van der Waals surface area contributed by atoms with Crippen LogP contribution in [0.15, 0.2) is 30.3 Å². The molecule has 0 saturated carbocycles. The molecule has 76 valence electrons. The molecule has 0 spiro atoms. The quantitative estimate of drug-likeness (QED) is 0.591. The molecule has 0 atom stereocenters. The molecule has 1 aromatic rings. The van der Waals surface area contributed by atoms with E-state index in [0.29, 0.717) is 6.61 Å². The molecule has 1 rings (SSSR count). The Morgan fingerprint density at radius 1 is 1.21 bits per heavy atom. The first kappa shape index (κ1) is 10.5. The van der Waals surface area contributed by atoms with Gasteiger partial charge in [-0.05, 0) is 12.1 Å². The molecule has 0 aliphatic rings. The maximum atomic E-state index is 9.96. The smallest absolute Gasteiger partial charge is 0.119 e. The van der Waals surface area contributed by atoms with Crippen LogP contribution in [0.25, 0.3) is 0 Å². The molecular weight excluding hydrogens is 184 g/mol. The molecule has 0 bridgehead atoms. The number of para-hydroxylation sites is 1. The Kier molecular flexibility index (Phi) is 4.50. The highest BCUT2D eigenvalue weighted by atomic mass is 16.5. The van der Waals surface area contributed by atoms with Gasteiger partial charge in [0.25, 0.3) is 0 Å². The number of hydrogen-bond acceptors (Lipinski definition) is 4. The third-order valence-electron chi connectivity index (χ3n) is 1.46. The topological polar surface area (TPSA) is 58.6 Å². The second-order valence-electron chi connectivity index (χ2n) is 2.59. The van der Waals surface area contributed by atoms with Crippen LogP contribution in [-0.2, 0) is 9.53 Å². The van der Waals surface area contributed by atoms with E-state index in [9.17, 15) is 9.90 Å². The van der Waals surface area contributed by atoms with E-state index in [2.05, 4.69) is 0 Å². The van der Waals surface area contributed by atoms with Crippen LogP contribution in [0.5, 0.6) is 5.75 Å². The van der Waals surface area contributed by atoms with Gasteiger partial charge in [0, 0.05) is 0 Å². The zero-order chi connectivity index (χ0) is 10.2. The molecule has 0 aliphatic carbocycles. The van der Waals surface area contributed by atoms with E-state index in [1.54, 1.807) is 0 Å². The van der Waals surface area contributed by atoms with Crippen LogP contribution in [0, 0.1) is 0 Å². The van der Waals surface area contributed by atoms with Gasteiger partial charge in [-0.3, -0.25) is 0 Å². The molecule has 0 N–H and O–H groups in total. The molecule has 0 fully saturated rings. The lowest BCUT2D eigenvalue weighted by molar-refractivity contribution is -0.309. The van der Waals surface area contributed by atoms with Crippen LogP contribution in [0.3, 0.4) is 0 Å². The summed E-state index contributed by atoms with van der Waals surface area (Å²) in [5.41, 5.74) is 0. The van der Waals surface area contributed by atoms with Gasteiger partial charge in [0.1, 0.15) is 12.4 Å². The van der Waals surface area contributed by atoms with Crippen molar-refractivity contribution < 1.29 is 19.4 Å². The van der Waals surface area contributed by atoms with Crippen molar-refractivity contribution in [1.29, 1.82) is 0 Å². The molecule has 0 amide bonds. The lowest BCUT2D eigenvalue weighted by atomic mass is 10.3. The minimum atomic E-state index is -1.22. The SMILES string of the molecule is O=C([O-])COCCOc1ccccc1. The highest BCUT2D eigenvalue weighted by Crippen LogP contribution is 2.07. The van der Waals surface area contributed by atoms with E-state index in [4.69, 9.17) is 9.47 Å². The Morgan fingerprint density at radius 3 is 2.57 bits per heavy atom. The Morgan fingerprint density at radius 2 is 1.93 bits per heavy atom. The van der Waals surface area contributed by atoms with E-state index in [1.807, 2.05) is 30.3 Å². The lowest BCUT2D eigenvalue weighted by Crippen LogP contribution is -2.28. The first-order chi connectivity index (χ1) is 6.79. The van der Waals surface area contributed by atoms with Crippen molar-refractivity contribution in [3.05, 3.63) is 30.3 Å². The molecule has 0 radical (unpaired) electrons. The molecule has 0 aromatic heterocycles. The van der Waals surface area contributed by atoms with Crippen LogP contribution in [-0.4, -0.2) is 25.8 Å². The minimum absolute atomic E-state index is 0.239. The van der Waals surface area contributed by atoms with Gasteiger partial charge < -0.3 is 19.4 Å². The highest BCUT2D eigenvalue weighted by Gasteiger charge is 1.91. The fourth-order valence-electron chi connectivity index (χ4n) is 0.891. The van der Waals surface area contributed by atoms with E-state index in [0.717, 1.165) is 5.75 Å². The van der Waals surface area contributed by atoms with Gasteiger partial charge in [0.2, 0.25) is 0 Å². The number of carbonyl (C=O) groups is 1. The van der Waals surface area contributed by atoms with Crippen molar-refractivity contribution in [2.24, 2.45) is 0 Å². The van der Waals surface area contributed by atoms with E-state index < -0.39 is 12.6 Å². The van der Waals surface area contributed by atoms with Crippen LogP contribution in [0.2, 0.25) is 0 Å². The Bertz CT molecular complexity index is 271. The van der Waals surface area contributed by atoms with Crippen molar-refractivity contribution in [3.8, 4) is 5.75 Å². The van der Waals surface area contributed by atoms with Crippen molar-refractivity contribution in [2.45, 2.75) is 0 Å². The molecular formula is C10H11O4-. The number of benzene rings is 1. The normalized spacial score (nSPS) is 9.71. The number of carbonyl (C=O) groups excluding carboxylic acids is 1. The van der Waals surface area contributed by atoms with Crippen molar-refractivity contribution in [2.75, 3.05) is 19.8 Å². The number of hydrogen-bond donors (Lipinski definition) is 0. The standard InChI is InChI=1S/C10H12O4/c11-10(12)8-13-6-7-14-9-4-2-1-3-5-9/h1-5H,6-8H2,(H,11,12)/p-1. The number of carboxylic acid groups (broad SMARTS) is 1. The Balaban J connectivity index is 2.08. The second kappa shape index (κ2) is 5.99. The number of ether oxygens (including phenoxy) is 2. The summed E-state index contributed by atoms with van der Waals surface area (Å²) >= 11 is 0. The summed E-state index contributed by atoms with van der Waals surface area (Å²) < 4.78 is 9.98. The summed E-state index contributed by atoms with van der Waals surface area (Å²) in [6.45, 7) is 0.179. The van der Waals surface area contributed by atoms with Crippen LogP contribution in [0.1, 0.15) is 0 Å².